The Balaban J connectivity index is 1.87. The van der Waals surface area contributed by atoms with Crippen molar-refractivity contribution in [2.24, 2.45) is 5.92 Å². The first-order valence-corrected chi connectivity index (χ1v) is 19.0. The highest BCUT2D eigenvalue weighted by Crippen LogP contribution is 2.46. The Morgan fingerprint density at radius 2 is 1.00 bits per heavy atom. The van der Waals surface area contributed by atoms with E-state index in [0.29, 0.717) is 5.92 Å². The molecule has 0 unspecified atom stereocenters. The van der Waals surface area contributed by atoms with Crippen LogP contribution in [0.4, 0.5) is 0 Å². The summed E-state index contributed by atoms with van der Waals surface area (Å²) in [4.78, 5) is 2.71. The lowest BCUT2D eigenvalue weighted by molar-refractivity contribution is 0.0819. The van der Waals surface area contributed by atoms with Crippen molar-refractivity contribution in [2.75, 3.05) is 0 Å². The van der Waals surface area contributed by atoms with E-state index in [1.54, 1.807) is 0 Å². The van der Waals surface area contributed by atoms with Crippen LogP contribution >= 0.6 is 7.92 Å². The van der Waals surface area contributed by atoms with E-state index in [2.05, 4.69) is 160 Å². The largest absolute Gasteiger partial charge is 0.409 e. The number of benzene rings is 4. The van der Waals surface area contributed by atoms with Crippen LogP contribution in [0.15, 0.2) is 121 Å². The molecule has 39 heavy (non-hydrogen) atoms. The molecule has 0 spiro atoms. The van der Waals surface area contributed by atoms with Gasteiger partial charge in [0.2, 0.25) is 0 Å². The zero-order valence-corrected chi connectivity index (χ0v) is 26.1. The fraction of sp³-hybridized carbons (Fsp3) is 0.314. The zero-order valence-electron chi connectivity index (χ0n) is 24.2. The Labute approximate surface area is 238 Å². The lowest BCUT2D eigenvalue weighted by atomic mass is 10.0. The lowest BCUT2D eigenvalue weighted by Crippen LogP contribution is -2.49. The summed E-state index contributed by atoms with van der Waals surface area (Å²) in [7, 11) is -2.66. The predicted molar refractivity (Wildman–Crippen MR) is 173 cm³/mol. The molecule has 2 atom stereocenters. The fourth-order valence-corrected chi connectivity index (χ4v) is 9.92. The van der Waals surface area contributed by atoms with Crippen molar-refractivity contribution in [1.29, 1.82) is 0 Å². The molecule has 0 heterocycles. The maximum Gasteiger partial charge on any atom is 0.184 e. The van der Waals surface area contributed by atoms with E-state index in [0.717, 1.165) is 19.5 Å². The van der Waals surface area contributed by atoms with Gasteiger partial charge in [0, 0.05) is 19.1 Å². The quantitative estimate of drug-likeness (QED) is 0.122. The maximum absolute atomic E-state index is 7.35. The summed E-state index contributed by atoms with van der Waals surface area (Å²) in [6.07, 6.45) is 1.08. The van der Waals surface area contributed by atoms with Crippen LogP contribution in [0, 0.1) is 5.92 Å². The summed E-state index contributed by atoms with van der Waals surface area (Å²) in [5, 5.41) is 2.77. The standard InChI is InChI=1S/C35H44NOPSi/c1-29(2)26-34(36(27-30-18-10-6-11-19-30)28-31-20-12-7-13-21-31)35(37-39(3,4)5)38(32-22-14-8-15-23-32)33-24-16-9-17-25-33/h6-25,29,34-35H,26-28H2,1-5H3/t34-,35-/m0/s1. The minimum absolute atomic E-state index is 0.0753. The molecule has 0 amide bonds. The molecular weight excluding hydrogens is 509 g/mol. The second kappa shape index (κ2) is 14.2. The molecule has 0 aliphatic carbocycles. The molecular formula is C35H44NOPSi. The van der Waals surface area contributed by atoms with E-state index in [4.69, 9.17) is 4.43 Å². The molecule has 2 nitrogen and oxygen atoms in total. The molecule has 204 valence electrons. The summed E-state index contributed by atoms with van der Waals surface area (Å²) in [5.41, 5.74) is 2.69. The predicted octanol–water partition coefficient (Wildman–Crippen LogP) is 8.41. The number of hydrogen-bond donors (Lipinski definition) is 0. The van der Waals surface area contributed by atoms with E-state index in [1.807, 2.05) is 0 Å². The molecule has 0 fully saturated rings. The Hall–Kier alpha value is -2.55. The molecule has 0 aliphatic rings. The van der Waals surface area contributed by atoms with Crippen LogP contribution in [0.25, 0.3) is 0 Å². The van der Waals surface area contributed by atoms with E-state index in [9.17, 15) is 0 Å². The van der Waals surface area contributed by atoms with Crippen molar-refractivity contribution >= 4 is 26.8 Å². The van der Waals surface area contributed by atoms with Gasteiger partial charge in [0.05, 0.1) is 5.85 Å². The first-order valence-electron chi connectivity index (χ1n) is 14.2. The second-order valence-electron chi connectivity index (χ2n) is 11.7. The normalized spacial score (nSPS) is 13.6. The van der Waals surface area contributed by atoms with Crippen LogP contribution in [-0.4, -0.2) is 25.1 Å². The third-order valence-electron chi connectivity index (χ3n) is 6.77. The number of hydrogen-bond acceptors (Lipinski definition) is 2. The van der Waals surface area contributed by atoms with Crippen molar-refractivity contribution in [3.8, 4) is 0 Å². The highest BCUT2D eigenvalue weighted by atomic mass is 31.1. The van der Waals surface area contributed by atoms with Gasteiger partial charge in [-0.25, -0.2) is 0 Å². The molecule has 4 aromatic carbocycles. The smallest absolute Gasteiger partial charge is 0.184 e. The number of rotatable bonds is 13. The number of nitrogens with zero attached hydrogens (tertiary/aromatic N) is 1. The molecule has 0 radical (unpaired) electrons. The van der Waals surface area contributed by atoms with Gasteiger partial charge < -0.3 is 4.43 Å². The Morgan fingerprint density at radius 3 is 1.36 bits per heavy atom. The van der Waals surface area contributed by atoms with Gasteiger partial charge in [-0.2, -0.15) is 0 Å². The van der Waals surface area contributed by atoms with E-state index >= 15 is 0 Å². The monoisotopic (exact) mass is 553 g/mol. The molecule has 0 N–H and O–H groups in total. The first kappa shape index (κ1) is 29.4. The Morgan fingerprint density at radius 1 is 0.615 bits per heavy atom. The minimum atomic E-state index is -1.90. The summed E-state index contributed by atoms with van der Waals surface area (Å²) in [6.45, 7) is 13.5. The van der Waals surface area contributed by atoms with E-state index in [1.165, 1.54) is 21.7 Å². The molecule has 4 aromatic rings. The van der Waals surface area contributed by atoms with Crippen molar-refractivity contribution in [3.05, 3.63) is 132 Å². The van der Waals surface area contributed by atoms with Crippen LogP contribution in [-0.2, 0) is 17.5 Å². The highest BCUT2D eigenvalue weighted by Gasteiger charge is 2.39. The maximum atomic E-state index is 7.35. The molecule has 0 aliphatic heterocycles. The minimum Gasteiger partial charge on any atom is -0.409 e. The van der Waals surface area contributed by atoms with Crippen molar-refractivity contribution < 1.29 is 4.43 Å². The molecule has 0 bridgehead atoms. The summed E-state index contributed by atoms with van der Waals surface area (Å²) >= 11 is 0. The Bertz CT molecular complexity index is 1150. The molecule has 0 aromatic heterocycles. The van der Waals surface area contributed by atoms with Crippen molar-refractivity contribution in [1.82, 2.24) is 4.90 Å². The van der Waals surface area contributed by atoms with Gasteiger partial charge in [0.15, 0.2) is 8.32 Å². The van der Waals surface area contributed by atoms with Gasteiger partial charge in [0.1, 0.15) is 0 Å². The first-order chi connectivity index (χ1) is 18.8. The second-order valence-corrected chi connectivity index (χ2v) is 18.5. The van der Waals surface area contributed by atoms with Gasteiger partial charge in [-0.05, 0) is 61.6 Å². The Kier molecular flexibility index (Phi) is 10.7. The van der Waals surface area contributed by atoms with Gasteiger partial charge >= 0.3 is 0 Å². The zero-order chi connectivity index (χ0) is 27.7. The van der Waals surface area contributed by atoms with Gasteiger partial charge in [0.25, 0.3) is 0 Å². The fourth-order valence-electron chi connectivity index (χ4n) is 5.14. The third-order valence-corrected chi connectivity index (χ3v) is 10.6. The van der Waals surface area contributed by atoms with Gasteiger partial charge in [-0.15, -0.1) is 0 Å². The average molecular weight is 554 g/mol. The van der Waals surface area contributed by atoms with E-state index in [-0.39, 0.29) is 11.9 Å². The van der Waals surface area contributed by atoms with Crippen molar-refractivity contribution in [2.45, 2.75) is 64.9 Å². The third kappa shape index (κ3) is 8.98. The van der Waals surface area contributed by atoms with Crippen LogP contribution in [0.3, 0.4) is 0 Å². The average Bonchev–Trinajstić information content (AvgIpc) is 2.93. The van der Waals surface area contributed by atoms with Gasteiger partial charge in [-0.3, -0.25) is 4.90 Å². The van der Waals surface area contributed by atoms with Crippen LogP contribution in [0.2, 0.25) is 19.6 Å². The highest BCUT2D eigenvalue weighted by molar-refractivity contribution is 7.73. The SMILES string of the molecule is CC(C)C[C@@H]([C@@H](O[Si](C)(C)C)P(c1ccccc1)c1ccccc1)N(Cc1ccccc1)Cc1ccccc1. The lowest BCUT2D eigenvalue weighted by Gasteiger charge is -2.44. The van der Waals surface area contributed by atoms with Gasteiger partial charge in [-0.1, -0.05) is 135 Å². The van der Waals surface area contributed by atoms with Crippen LogP contribution in [0.1, 0.15) is 31.4 Å². The molecule has 4 rings (SSSR count). The summed E-state index contributed by atoms with van der Waals surface area (Å²) in [6, 6.07) is 44.4. The summed E-state index contributed by atoms with van der Waals surface area (Å²) < 4.78 is 7.35. The van der Waals surface area contributed by atoms with Crippen molar-refractivity contribution in [3.63, 3.8) is 0 Å². The van der Waals surface area contributed by atoms with E-state index < -0.39 is 16.2 Å². The molecule has 4 heteroatoms. The topological polar surface area (TPSA) is 12.5 Å². The van der Waals surface area contributed by atoms with Crippen LogP contribution in [0.5, 0.6) is 0 Å². The summed E-state index contributed by atoms with van der Waals surface area (Å²) in [5.74, 6) is 0.617. The van der Waals surface area contributed by atoms with Crippen LogP contribution < -0.4 is 10.6 Å². The molecule has 0 saturated carbocycles. The molecule has 0 saturated heterocycles.